The number of nitrogens with zero attached hydrogens (tertiary/aromatic N) is 2. The summed E-state index contributed by atoms with van der Waals surface area (Å²) in [6.45, 7) is 0. The first kappa shape index (κ1) is 9.56. The molecule has 1 aromatic rings. The van der Waals surface area contributed by atoms with E-state index in [1.807, 2.05) is 0 Å². The van der Waals surface area contributed by atoms with E-state index in [1.54, 1.807) is 6.07 Å². The molecule has 2 N–H and O–H groups in total. The van der Waals surface area contributed by atoms with Crippen LogP contribution in [0.3, 0.4) is 0 Å². The third kappa shape index (κ3) is 1.99. The van der Waals surface area contributed by atoms with Crippen LogP contribution in [0.4, 0.5) is 11.4 Å². The first-order valence-electron chi connectivity index (χ1n) is 3.59. The van der Waals surface area contributed by atoms with Gasteiger partial charge in [0, 0.05) is 17.7 Å². The van der Waals surface area contributed by atoms with E-state index in [0.717, 1.165) is 0 Å². The zero-order valence-electron chi connectivity index (χ0n) is 7.02. The largest absolute Gasteiger partial charge is 0.399 e. The summed E-state index contributed by atoms with van der Waals surface area (Å²) in [7, 11) is 0. The van der Waals surface area contributed by atoms with E-state index in [2.05, 4.69) is 11.8 Å². The van der Waals surface area contributed by atoms with Crippen molar-refractivity contribution in [3.63, 3.8) is 0 Å². The first-order chi connectivity index (χ1) is 6.65. The molecule has 0 aliphatic heterocycles. The summed E-state index contributed by atoms with van der Waals surface area (Å²) < 4.78 is 0. The van der Waals surface area contributed by atoms with Gasteiger partial charge in [0.2, 0.25) is 0 Å². The molecular weight excluding hydrogens is 182 g/mol. The van der Waals surface area contributed by atoms with Crippen molar-refractivity contribution in [1.82, 2.24) is 0 Å². The third-order valence-electron chi connectivity index (χ3n) is 1.47. The van der Waals surface area contributed by atoms with Crippen LogP contribution in [0.2, 0.25) is 0 Å². The molecule has 0 radical (unpaired) electrons. The highest BCUT2D eigenvalue weighted by Crippen LogP contribution is 2.19. The molecule has 1 aromatic carbocycles. The minimum atomic E-state index is -0.569. The predicted octanol–water partition coefficient (Wildman–Crippen LogP) is 1.05. The lowest BCUT2D eigenvalue weighted by Crippen LogP contribution is -1.94. The number of nitriles is 1. The molecule has 0 heterocycles. The Morgan fingerprint density at radius 3 is 2.79 bits per heavy atom. The molecule has 0 saturated heterocycles. The SMILES string of the molecule is N#CC#Cc1cc(N)ccc1[N+](=O)[O-]. The van der Waals surface area contributed by atoms with Crippen LogP contribution in [-0.4, -0.2) is 4.92 Å². The molecule has 68 valence electrons. The van der Waals surface area contributed by atoms with Crippen LogP contribution in [0.15, 0.2) is 18.2 Å². The van der Waals surface area contributed by atoms with Crippen LogP contribution in [-0.2, 0) is 0 Å². The number of nitrogens with two attached hydrogens (primary N) is 1. The van der Waals surface area contributed by atoms with E-state index < -0.39 is 4.92 Å². The van der Waals surface area contributed by atoms with Gasteiger partial charge in [0.1, 0.15) is 5.56 Å². The quantitative estimate of drug-likeness (QED) is 0.308. The number of nitro groups is 1. The van der Waals surface area contributed by atoms with Gasteiger partial charge in [-0.2, -0.15) is 5.26 Å². The molecule has 14 heavy (non-hydrogen) atoms. The van der Waals surface area contributed by atoms with E-state index >= 15 is 0 Å². The van der Waals surface area contributed by atoms with Crippen LogP contribution < -0.4 is 5.73 Å². The van der Waals surface area contributed by atoms with Gasteiger partial charge in [-0.15, -0.1) is 0 Å². The molecule has 0 bridgehead atoms. The van der Waals surface area contributed by atoms with Crippen molar-refractivity contribution in [3.05, 3.63) is 33.9 Å². The maximum Gasteiger partial charge on any atom is 0.285 e. The fraction of sp³-hybridized carbons (Fsp3) is 0. The van der Waals surface area contributed by atoms with Crippen molar-refractivity contribution in [2.45, 2.75) is 0 Å². The van der Waals surface area contributed by atoms with Gasteiger partial charge in [0.25, 0.3) is 5.69 Å². The highest BCUT2D eigenvalue weighted by Gasteiger charge is 2.11. The molecule has 5 heteroatoms. The van der Waals surface area contributed by atoms with Crippen molar-refractivity contribution in [2.24, 2.45) is 0 Å². The zero-order valence-corrected chi connectivity index (χ0v) is 7.02. The van der Waals surface area contributed by atoms with Gasteiger partial charge < -0.3 is 5.73 Å². The lowest BCUT2D eigenvalue weighted by Gasteiger charge is -1.96. The number of nitro benzene ring substituents is 1. The first-order valence-corrected chi connectivity index (χ1v) is 3.59. The van der Waals surface area contributed by atoms with Crippen molar-refractivity contribution in [2.75, 3.05) is 5.73 Å². The Balaban J connectivity index is 3.31. The van der Waals surface area contributed by atoms with E-state index in [4.69, 9.17) is 11.0 Å². The Morgan fingerprint density at radius 2 is 2.21 bits per heavy atom. The number of hydrogen-bond donors (Lipinski definition) is 1. The van der Waals surface area contributed by atoms with Gasteiger partial charge in [-0.05, 0) is 18.1 Å². The number of anilines is 1. The van der Waals surface area contributed by atoms with Crippen LogP contribution >= 0.6 is 0 Å². The average molecular weight is 187 g/mol. The summed E-state index contributed by atoms with van der Waals surface area (Å²) in [4.78, 5) is 9.94. The minimum Gasteiger partial charge on any atom is -0.399 e. The molecule has 0 amide bonds. The topological polar surface area (TPSA) is 93.0 Å². The Morgan fingerprint density at radius 1 is 1.50 bits per heavy atom. The molecule has 0 aliphatic carbocycles. The molecular formula is C9H5N3O2. The lowest BCUT2D eigenvalue weighted by molar-refractivity contribution is -0.385. The number of hydrogen-bond acceptors (Lipinski definition) is 4. The van der Waals surface area contributed by atoms with Crippen LogP contribution in [0.25, 0.3) is 0 Å². The summed E-state index contributed by atoms with van der Waals surface area (Å²) in [5.74, 6) is 4.43. The Hall–Kier alpha value is -2.53. The van der Waals surface area contributed by atoms with Crippen molar-refractivity contribution in [3.8, 4) is 17.9 Å². The second-order valence-corrected chi connectivity index (χ2v) is 2.40. The van der Waals surface area contributed by atoms with Crippen molar-refractivity contribution in [1.29, 1.82) is 5.26 Å². The van der Waals surface area contributed by atoms with Gasteiger partial charge in [-0.1, -0.05) is 0 Å². The Kier molecular flexibility index (Phi) is 2.68. The Bertz CT molecular complexity index is 477. The van der Waals surface area contributed by atoms with Gasteiger partial charge in [0.15, 0.2) is 6.07 Å². The maximum absolute atomic E-state index is 10.5. The summed E-state index contributed by atoms with van der Waals surface area (Å²) in [5, 5.41) is 18.7. The van der Waals surface area contributed by atoms with Gasteiger partial charge in [0.05, 0.1) is 4.92 Å². The smallest absolute Gasteiger partial charge is 0.285 e. The van der Waals surface area contributed by atoms with Gasteiger partial charge in [-0.3, -0.25) is 10.1 Å². The molecule has 1 rings (SSSR count). The number of benzene rings is 1. The Labute approximate surface area is 79.9 Å². The van der Waals surface area contributed by atoms with E-state index in [0.29, 0.717) is 5.69 Å². The summed E-state index contributed by atoms with van der Waals surface area (Å²) in [6.07, 6.45) is 0. The summed E-state index contributed by atoms with van der Waals surface area (Å²) in [5.41, 5.74) is 5.80. The minimum absolute atomic E-state index is 0.150. The average Bonchev–Trinajstić information content (AvgIpc) is 2.14. The third-order valence-corrected chi connectivity index (χ3v) is 1.47. The number of nitrogen functional groups attached to an aromatic ring is 1. The monoisotopic (exact) mass is 187 g/mol. The molecule has 5 nitrogen and oxygen atoms in total. The van der Waals surface area contributed by atoms with Crippen LogP contribution in [0.5, 0.6) is 0 Å². The number of rotatable bonds is 1. The predicted molar refractivity (Wildman–Crippen MR) is 50.0 cm³/mol. The summed E-state index contributed by atoms with van der Waals surface area (Å²) in [6, 6.07) is 5.61. The molecule has 0 atom stereocenters. The second kappa shape index (κ2) is 3.92. The van der Waals surface area contributed by atoms with E-state index in [-0.39, 0.29) is 11.3 Å². The fourth-order valence-corrected chi connectivity index (χ4v) is 0.908. The van der Waals surface area contributed by atoms with E-state index in [9.17, 15) is 10.1 Å². The lowest BCUT2D eigenvalue weighted by atomic mass is 10.1. The fourth-order valence-electron chi connectivity index (χ4n) is 0.908. The van der Waals surface area contributed by atoms with Crippen LogP contribution in [0.1, 0.15) is 5.56 Å². The molecule has 0 fully saturated rings. The van der Waals surface area contributed by atoms with Crippen LogP contribution in [0, 0.1) is 33.3 Å². The molecule has 0 aliphatic rings. The van der Waals surface area contributed by atoms with Gasteiger partial charge >= 0.3 is 0 Å². The zero-order chi connectivity index (χ0) is 10.6. The molecule has 0 unspecified atom stereocenters. The summed E-state index contributed by atoms with van der Waals surface area (Å²) >= 11 is 0. The molecule has 0 saturated carbocycles. The van der Waals surface area contributed by atoms with E-state index in [1.165, 1.54) is 18.2 Å². The maximum atomic E-state index is 10.5. The normalized spacial score (nSPS) is 8.21. The highest BCUT2D eigenvalue weighted by atomic mass is 16.6. The molecule has 0 aromatic heterocycles. The van der Waals surface area contributed by atoms with Gasteiger partial charge in [-0.25, -0.2) is 0 Å². The second-order valence-electron chi connectivity index (χ2n) is 2.40. The van der Waals surface area contributed by atoms with Crippen molar-refractivity contribution < 1.29 is 4.92 Å². The van der Waals surface area contributed by atoms with Crippen molar-refractivity contribution >= 4 is 11.4 Å². The molecule has 0 spiro atoms. The standard InChI is InChI=1S/C9H5N3O2/c10-5-1-2-7-6-8(11)3-4-9(7)12(13)14/h3-4,6H,11H2. The highest BCUT2D eigenvalue weighted by molar-refractivity contribution is 5.58.